The third-order valence-electron chi connectivity index (χ3n) is 4.41. The predicted molar refractivity (Wildman–Crippen MR) is 96.7 cm³/mol. The molecule has 0 aromatic heterocycles. The van der Waals surface area contributed by atoms with E-state index < -0.39 is 11.5 Å². The molecule has 1 aliphatic rings. The molecule has 0 fully saturated rings. The van der Waals surface area contributed by atoms with Crippen molar-refractivity contribution in [2.75, 3.05) is 18.0 Å². The van der Waals surface area contributed by atoms with Crippen molar-refractivity contribution in [3.63, 3.8) is 0 Å². The minimum absolute atomic E-state index is 0.342. The van der Waals surface area contributed by atoms with Crippen molar-refractivity contribution in [2.24, 2.45) is 0 Å². The minimum Gasteiger partial charge on any atom is -0.466 e. The lowest BCUT2D eigenvalue weighted by Gasteiger charge is -2.39. The summed E-state index contributed by atoms with van der Waals surface area (Å²) in [5, 5.41) is 2.84. The first-order chi connectivity index (χ1) is 12.1. The van der Waals surface area contributed by atoms with E-state index in [0.29, 0.717) is 30.9 Å². The molecule has 0 radical (unpaired) electrons. The number of fused-ring (bicyclic) bond motifs is 1. The Morgan fingerprint density at radius 2 is 1.80 bits per heavy atom. The summed E-state index contributed by atoms with van der Waals surface area (Å²) in [4.78, 5) is 27.2. The number of carbonyl (C=O) groups excluding carboxylic acids is 2. The number of amides is 2. The molecule has 0 bridgehead atoms. The normalized spacial score (nSPS) is 19.1. The Kier molecular flexibility index (Phi) is 4.74. The molecule has 1 heterocycles. The highest BCUT2D eigenvalue weighted by Gasteiger charge is 2.50. The van der Waals surface area contributed by atoms with Crippen LogP contribution in [0.25, 0.3) is 0 Å². The molecular weight excluding hydrogens is 316 g/mol. The number of anilines is 1. The number of nitrogens with zero attached hydrogens (tertiary/aromatic N) is 1. The van der Waals surface area contributed by atoms with Crippen LogP contribution >= 0.6 is 0 Å². The van der Waals surface area contributed by atoms with Crippen molar-refractivity contribution < 1.29 is 14.3 Å². The fourth-order valence-electron chi connectivity index (χ4n) is 2.99. The van der Waals surface area contributed by atoms with E-state index in [4.69, 9.17) is 4.74 Å². The van der Waals surface area contributed by atoms with Gasteiger partial charge >= 0.3 is 0 Å². The van der Waals surface area contributed by atoms with Crippen molar-refractivity contribution in [3.8, 4) is 5.75 Å². The predicted octanol–water partition coefficient (Wildman–Crippen LogP) is 2.55. The maximum absolute atomic E-state index is 12.9. The molecule has 0 saturated carbocycles. The fraction of sp³-hybridized carbons (Fsp3) is 0.300. The van der Waals surface area contributed by atoms with E-state index in [-0.39, 0.29) is 5.91 Å². The molecule has 2 aromatic rings. The van der Waals surface area contributed by atoms with E-state index in [2.05, 4.69) is 5.32 Å². The Bertz CT molecular complexity index is 776. The summed E-state index contributed by atoms with van der Waals surface area (Å²) in [6, 6.07) is 17.2. The number of hydrogen-bond donors (Lipinski definition) is 1. The van der Waals surface area contributed by atoms with Gasteiger partial charge in [0, 0.05) is 13.1 Å². The van der Waals surface area contributed by atoms with Crippen molar-refractivity contribution in [3.05, 3.63) is 60.2 Å². The lowest BCUT2D eigenvalue weighted by molar-refractivity contribution is -0.148. The quantitative estimate of drug-likeness (QED) is 0.853. The molecule has 1 aliphatic heterocycles. The number of carbonyl (C=O) groups is 2. The molecule has 130 valence electrons. The third-order valence-corrected chi connectivity index (χ3v) is 4.41. The van der Waals surface area contributed by atoms with Crippen LogP contribution in [0, 0.1) is 0 Å². The van der Waals surface area contributed by atoms with Crippen LogP contribution in [0.15, 0.2) is 54.6 Å². The number of nitrogens with one attached hydrogen (secondary N) is 1. The van der Waals surface area contributed by atoms with Crippen molar-refractivity contribution in [1.29, 1.82) is 0 Å². The van der Waals surface area contributed by atoms with Crippen molar-refractivity contribution in [2.45, 2.75) is 25.9 Å². The van der Waals surface area contributed by atoms with E-state index in [1.807, 2.05) is 55.5 Å². The van der Waals surface area contributed by atoms with Gasteiger partial charge in [0.05, 0.1) is 5.69 Å². The molecule has 5 heteroatoms. The van der Waals surface area contributed by atoms with Gasteiger partial charge in [-0.05, 0) is 38.0 Å². The van der Waals surface area contributed by atoms with Gasteiger partial charge in [0.15, 0.2) is 0 Å². The van der Waals surface area contributed by atoms with Crippen molar-refractivity contribution in [1.82, 2.24) is 5.32 Å². The standard InChI is InChI=1S/C20H22N2O3/c1-3-22-16-11-7-8-12-17(16)25-20(2,19(22)24)18(23)21-14-13-15-9-5-4-6-10-15/h4-12H,3,13-14H2,1-2H3,(H,21,23). The number of ether oxygens (including phenoxy) is 1. The Morgan fingerprint density at radius 3 is 2.52 bits per heavy atom. The van der Waals surface area contributed by atoms with Gasteiger partial charge in [0.25, 0.3) is 17.4 Å². The molecule has 25 heavy (non-hydrogen) atoms. The van der Waals surface area contributed by atoms with Crippen LogP contribution in [0.5, 0.6) is 5.75 Å². The zero-order chi connectivity index (χ0) is 17.9. The lowest BCUT2D eigenvalue weighted by Crippen LogP contribution is -2.62. The summed E-state index contributed by atoms with van der Waals surface area (Å²) in [5.41, 5.74) is 0.273. The van der Waals surface area contributed by atoms with Crippen LogP contribution in [0.3, 0.4) is 0 Å². The second kappa shape index (κ2) is 6.97. The van der Waals surface area contributed by atoms with Crippen LogP contribution in [0.2, 0.25) is 0 Å². The number of rotatable bonds is 5. The first-order valence-corrected chi connectivity index (χ1v) is 8.48. The van der Waals surface area contributed by atoms with Gasteiger partial charge in [0.2, 0.25) is 0 Å². The highest BCUT2D eigenvalue weighted by molar-refractivity contribution is 6.16. The summed E-state index contributed by atoms with van der Waals surface area (Å²) in [6.07, 6.45) is 0.699. The third kappa shape index (κ3) is 3.22. The van der Waals surface area contributed by atoms with Gasteiger partial charge in [-0.15, -0.1) is 0 Å². The second-order valence-electron chi connectivity index (χ2n) is 6.14. The van der Waals surface area contributed by atoms with Gasteiger partial charge in [-0.25, -0.2) is 0 Å². The topological polar surface area (TPSA) is 58.6 Å². The molecule has 0 saturated heterocycles. The molecule has 1 N–H and O–H groups in total. The first kappa shape index (κ1) is 17.0. The van der Waals surface area contributed by atoms with E-state index in [0.717, 1.165) is 5.56 Å². The highest BCUT2D eigenvalue weighted by atomic mass is 16.5. The fourth-order valence-corrected chi connectivity index (χ4v) is 2.99. The zero-order valence-electron chi connectivity index (χ0n) is 14.5. The summed E-state index contributed by atoms with van der Waals surface area (Å²) in [6.45, 7) is 4.34. The van der Waals surface area contributed by atoms with E-state index >= 15 is 0 Å². The van der Waals surface area contributed by atoms with Crippen LogP contribution in [-0.2, 0) is 16.0 Å². The van der Waals surface area contributed by atoms with Gasteiger partial charge < -0.3 is 15.0 Å². The molecule has 1 unspecified atom stereocenters. The number of hydrogen-bond acceptors (Lipinski definition) is 3. The van der Waals surface area contributed by atoms with Crippen LogP contribution in [-0.4, -0.2) is 30.5 Å². The molecule has 0 aliphatic carbocycles. The van der Waals surface area contributed by atoms with Gasteiger partial charge in [-0.2, -0.15) is 0 Å². The van der Waals surface area contributed by atoms with E-state index in [9.17, 15) is 9.59 Å². The maximum Gasteiger partial charge on any atom is 0.280 e. The van der Waals surface area contributed by atoms with E-state index in [1.54, 1.807) is 11.0 Å². The summed E-state index contributed by atoms with van der Waals surface area (Å²) < 4.78 is 5.83. The zero-order valence-corrected chi connectivity index (χ0v) is 14.5. The summed E-state index contributed by atoms with van der Waals surface area (Å²) in [5.74, 6) is -0.211. The Labute approximate surface area is 147 Å². The van der Waals surface area contributed by atoms with Crippen LogP contribution in [0.4, 0.5) is 5.69 Å². The average Bonchev–Trinajstić information content (AvgIpc) is 2.63. The summed E-state index contributed by atoms with van der Waals surface area (Å²) >= 11 is 0. The smallest absolute Gasteiger partial charge is 0.280 e. The SMILES string of the molecule is CCN1C(=O)C(C)(C(=O)NCCc2ccccc2)Oc2ccccc21. The molecule has 3 rings (SSSR count). The van der Waals surface area contributed by atoms with E-state index in [1.165, 1.54) is 6.92 Å². The van der Waals surface area contributed by atoms with Crippen LogP contribution in [0.1, 0.15) is 19.4 Å². The average molecular weight is 338 g/mol. The first-order valence-electron chi connectivity index (χ1n) is 8.48. The Balaban J connectivity index is 1.74. The maximum atomic E-state index is 12.9. The molecule has 0 spiro atoms. The molecule has 2 aromatic carbocycles. The van der Waals surface area contributed by atoms with Gasteiger partial charge in [0.1, 0.15) is 5.75 Å². The van der Waals surface area contributed by atoms with Gasteiger partial charge in [-0.3, -0.25) is 9.59 Å². The molecule has 2 amide bonds. The molecular formula is C20H22N2O3. The second-order valence-corrected chi connectivity index (χ2v) is 6.14. The Morgan fingerprint density at radius 1 is 1.12 bits per heavy atom. The van der Waals surface area contributed by atoms with Crippen molar-refractivity contribution >= 4 is 17.5 Å². The summed E-state index contributed by atoms with van der Waals surface area (Å²) in [7, 11) is 0. The lowest BCUT2D eigenvalue weighted by atomic mass is 9.99. The number of para-hydroxylation sites is 2. The highest BCUT2D eigenvalue weighted by Crippen LogP contribution is 2.37. The number of likely N-dealkylation sites (N-methyl/N-ethyl adjacent to an activating group) is 1. The largest absolute Gasteiger partial charge is 0.466 e. The number of benzene rings is 2. The Hall–Kier alpha value is -2.82. The minimum atomic E-state index is -1.55. The molecule has 5 nitrogen and oxygen atoms in total. The molecule has 1 atom stereocenters. The van der Waals surface area contributed by atoms with Gasteiger partial charge in [-0.1, -0.05) is 42.5 Å². The monoisotopic (exact) mass is 338 g/mol. The van der Waals surface area contributed by atoms with Crippen LogP contribution < -0.4 is 15.0 Å².